The average Bonchev–Trinajstić information content (AvgIpc) is 3.10. The van der Waals surface area contributed by atoms with E-state index in [2.05, 4.69) is 81.9 Å². The number of nitrogens with one attached hydrogen (secondary N) is 2. The van der Waals surface area contributed by atoms with Crippen molar-refractivity contribution in [2.45, 2.75) is 118 Å². The lowest BCUT2D eigenvalue weighted by Crippen LogP contribution is -2.39. The second-order valence-electron chi connectivity index (χ2n) is 13.5. The molecule has 2 aliphatic carbocycles. The van der Waals surface area contributed by atoms with Crippen molar-refractivity contribution in [2.24, 2.45) is 11.3 Å². The number of anilines is 1. The van der Waals surface area contributed by atoms with Gasteiger partial charge in [0.05, 0.1) is 5.56 Å². The van der Waals surface area contributed by atoms with Crippen LogP contribution in [-0.2, 0) is 12.0 Å². The van der Waals surface area contributed by atoms with Gasteiger partial charge in [-0.25, -0.2) is 4.98 Å². The van der Waals surface area contributed by atoms with E-state index in [0.717, 1.165) is 60.0 Å². The van der Waals surface area contributed by atoms with Gasteiger partial charge in [-0.2, -0.15) is 0 Å². The monoisotopic (exact) mass is 492 g/mol. The van der Waals surface area contributed by atoms with Gasteiger partial charge in [-0.3, -0.25) is 4.79 Å². The van der Waals surface area contributed by atoms with Crippen LogP contribution in [0.1, 0.15) is 115 Å². The first-order chi connectivity index (χ1) is 16.9. The molecule has 36 heavy (non-hydrogen) atoms. The number of hydrogen-bond donors (Lipinski definition) is 2. The van der Waals surface area contributed by atoms with E-state index in [1.165, 1.54) is 38.5 Å². The molecule has 2 aromatic rings. The predicted octanol–water partition coefficient (Wildman–Crippen LogP) is 7.48. The van der Waals surface area contributed by atoms with Crippen molar-refractivity contribution in [3.63, 3.8) is 0 Å². The molecule has 2 N–H and O–H groups in total. The highest BCUT2D eigenvalue weighted by Gasteiger charge is 2.26. The molecule has 0 spiro atoms. The smallest absolute Gasteiger partial charge is 0.253 e. The average molecular weight is 493 g/mol. The third kappa shape index (κ3) is 6.52. The zero-order valence-electron chi connectivity index (χ0n) is 23.8. The van der Waals surface area contributed by atoms with Gasteiger partial charge >= 0.3 is 0 Å². The maximum absolute atomic E-state index is 13.3. The highest BCUT2D eigenvalue weighted by atomic mass is 16.1. The van der Waals surface area contributed by atoms with Gasteiger partial charge < -0.3 is 15.2 Å². The third-order valence-corrected chi connectivity index (χ3v) is 7.91. The van der Waals surface area contributed by atoms with Crippen LogP contribution in [0.15, 0.2) is 18.2 Å². The van der Waals surface area contributed by atoms with E-state index in [-0.39, 0.29) is 16.7 Å². The fraction of sp³-hybridized carbons (Fsp3) is 0.677. The van der Waals surface area contributed by atoms with Crippen LogP contribution in [0.25, 0.3) is 11.3 Å². The van der Waals surface area contributed by atoms with E-state index in [0.29, 0.717) is 12.0 Å². The van der Waals surface area contributed by atoms with Gasteiger partial charge in [0, 0.05) is 47.2 Å². The number of carbonyl (C=O) groups excluding carboxylic acids is 1. The first kappa shape index (κ1) is 26.8. The Kier molecular flexibility index (Phi) is 7.87. The molecule has 2 fully saturated rings. The molecule has 1 amide bonds. The maximum Gasteiger partial charge on any atom is 0.253 e. The van der Waals surface area contributed by atoms with Crippen LogP contribution in [0.5, 0.6) is 0 Å². The van der Waals surface area contributed by atoms with Crippen LogP contribution in [0, 0.1) is 18.3 Å². The fourth-order valence-corrected chi connectivity index (χ4v) is 5.30. The number of amides is 1. The topological polar surface area (TPSA) is 59.0 Å². The van der Waals surface area contributed by atoms with Gasteiger partial charge in [-0.15, -0.1) is 0 Å². The number of nitrogens with zero attached hydrogens (tertiary/aromatic N) is 2. The molecule has 2 saturated carbocycles. The molecule has 2 heterocycles. The quantitative estimate of drug-likeness (QED) is 0.421. The Morgan fingerprint density at radius 3 is 2.25 bits per heavy atom. The van der Waals surface area contributed by atoms with E-state index in [9.17, 15) is 4.79 Å². The van der Waals surface area contributed by atoms with E-state index in [4.69, 9.17) is 4.98 Å². The van der Waals surface area contributed by atoms with Gasteiger partial charge in [-0.05, 0) is 68.6 Å². The maximum atomic E-state index is 13.3. The minimum atomic E-state index is -0.0750. The molecule has 0 saturated heterocycles. The third-order valence-electron chi connectivity index (χ3n) is 7.91. The highest BCUT2D eigenvalue weighted by Crippen LogP contribution is 2.34. The van der Waals surface area contributed by atoms with Crippen LogP contribution >= 0.6 is 0 Å². The number of rotatable bonds is 7. The van der Waals surface area contributed by atoms with E-state index in [1.807, 2.05) is 0 Å². The van der Waals surface area contributed by atoms with Crippen LogP contribution in [0.2, 0.25) is 0 Å². The molecule has 2 aliphatic rings. The van der Waals surface area contributed by atoms with Crippen molar-refractivity contribution in [2.75, 3.05) is 11.9 Å². The molecule has 5 nitrogen and oxygen atoms in total. The first-order valence-corrected chi connectivity index (χ1v) is 14.2. The Bertz CT molecular complexity index is 1060. The van der Waals surface area contributed by atoms with Crippen molar-refractivity contribution in [3.05, 3.63) is 35.2 Å². The lowest BCUT2D eigenvalue weighted by molar-refractivity contribution is 0.0916. The number of pyridine rings is 1. The zero-order chi connectivity index (χ0) is 26.1. The summed E-state index contributed by atoms with van der Waals surface area (Å²) in [5, 5.41) is 6.87. The number of hydrogen-bond acceptors (Lipinski definition) is 3. The lowest BCUT2D eigenvalue weighted by atomic mass is 9.89. The summed E-state index contributed by atoms with van der Waals surface area (Å²) in [6, 6.07) is 6.90. The molecule has 198 valence electrons. The van der Waals surface area contributed by atoms with Crippen molar-refractivity contribution >= 4 is 11.7 Å². The highest BCUT2D eigenvalue weighted by molar-refractivity contribution is 5.97. The molecule has 0 radical (unpaired) electrons. The number of carbonyl (C=O) groups is 1. The van der Waals surface area contributed by atoms with E-state index in [1.54, 1.807) is 0 Å². The van der Waals surface area contributed by atoms with Crippen molar-refractivity contribution < 1.29 is 4.79 Å². The number of aromatic nitrogens is 2. The van der Waals surface area contributed by atoms with Gasteiger partial charge in [0.25, 0.3) is 5.91 Å². The summed E-state index contributed by atoms with van der Waals surface area (Å²) in [5.74, 6) is 1.67. The van der Waals surface area contributed by atoms with Crippen molar-refractivity contribution in [1.29, 1.82) is 0 Å². The molecule has 0 atom stereocenters. The van der Waals surface area contributed by atoms with Crippen LogP contribution in [0.4, 0.5) is 5.82 Å². The molecule has 0 unspecified atom stereocenters. The summed E-state index contributed by atoms with van der Waals surface area (Å²) < 4.78 is 2.43. The molecule has 0 bridgehead atoms. The van der Waals surface area contributed by atoms with Crippen LogP contribution in [-0.4, -0.2) is 28.0 Å². The summed E-state index contributed by atoms with van der Waals surface area (Å²) in [7, 11) is 0. The Balaban J connectivity index is 1.76. The molecule has 4 rings (SSSR count). The van der Waals surface area contributed by atoms with Crippen LogP contribution < -0.4 is 10.6 Å². The second-order valence-corrected chi connectivity index (χ2v) is 13.5. The first-order valence-electron chi connectivity index (χ1n) is 14.2. The zero-order valence-corrected chi connectivity index (χ0v) is 23.8. The predicted molar refractivity (Wildman–Crippen MR) is 151 cm³/mol. The van der Waals surface area contributed by atoms with Gasteiger partial charge in [-0.1, -0.05) is 60.8 Å². The molecule has 2 aromatic heterocycles. The summed E-state index contributed by atoms with van der Waals surface area (Å²) in [6.07, 6.45) is 9.97. The summed E-state index contributed by atoms with van der Waals surface area (Å²) >= 11 is 0. The summed E-state index contributed by atoms with van der Waals surface area (Å²) in [4.78, 5) is 18.3. The van der Waals surface area contributed by atoms with Gasteiger partial charge in [0.1, 0.15) is 5.82 Å². The van der Waals surface area contributed by atoms with Gasteiger partial charge in [0.2, 0.25) is 0 Å². The Morgan fingerprint density at radius 2 is 1.67 bits per heavy atom. The lowest BCUT2D eigenvalue weighted by Gasteiger charge is -2.26. The Morgan fingerprint density at radius 1 is 0.972 bits per heavy atom. The molecular formula is C31H48N4O. The molecular weight excluding hydrogens is 444 g/mol. The molecule has 5 heteroatoms. The van der Waals surface area contributed by atoms with Gasteiger partial charge in [0.15, 0.2) is 0 Å². The van der Waals surface area contributed by atoms with Crippen LogP contribution in [0.3, 0.4) is 0 Å². The fourth-order valence-electron chi connectivity index (χ4n) is 5.30. The normalized spacial score (nSPS) is 17.6. The summed E-state index contributed by atoms with van der Waals surface area (Å²) in [6.45, 7) is 17.3. The Hall–Kier alpha value is -2.30. The Labute approximate surface area is 218 Å². The summed E-state index contributed by atoms with van der Waals surface area (Å²) in [5.41, 5.74) is 5.35. The van der Waals surface area contributed by atoms with Crippen molar-refractivity contribution in [1.82, 2.24) is 14.9 Å². The standard InChI is InChI=1S/C31H48N4O/c1-21-25(29(36)33-24-14-11-15-24)18-26(35(21)19-22-12-9-8-10-13-22)23-16-27(31(5,6)7)34-28(17-23)32-20-30(2,3)4/h16-18,22,24H,8-15,19-20H2,1-7H3,(H,32,34)(H,33,36). The molecule has 0 aliphatic heterocycles. The minimum absolute atomic E-state index is 0.0750. The van der Waals surface area contributed by atoms with E-state index < -0.39 is 0 Å². The van der Waals surface area contributed by atoms with Crippen molar-refractivity contribution in [3.8, 4) is 11.3 Å². The van der Waals surface area contributed by atoms with E-state index >= 15 is 0 Å². The largest absolute Gasteiger partial charge is 0.370 e. The SMILES string of the molecule is Cc1c(C(=O)NC2CCC2)cc(-c2cc(NCC(C)(C)C)nc(C(C)(C)C)c2)n1CC1CCCCC1. The minimum Gasteiger partial charge on any atom is -0.370 e. The second kappa shape index (κ2) is 10.6. The molecule has 0 aromatic carbocycles.